The molecule has 0 atom stereocenters. The van der Waals surface area contributed by atoms with Crippen molar-refractivity contribution in [2.75, 3.05) is 0 Å². The predicted molar refractivity (Wildman–Crippen MR) is 404 cm³/mol. The summed E-state index contributed by atoms with van der Waals surface area (Å²) in [6.07, 6.45) is 0. The van der Waals surface area contributed by atoms with Gasteiger partial charge in [-0.05, 0) is 117 Å². The number of hydrogen-bond acceptors (Lipinski definition) is 6. The molecule has 6 nitrogen and oxygen atoms in total. The molecular formula is C88H66N6Si2. The highest BCUT2D eigenvalue weighted by atomic mass is 28.3. The molecule has 96 heavy (non-hydrogen) atoms. The van der Waals surface area contributed by atoms with Gasteiger partial charge in [0.05, 0.1) is 0 Å². The standard InChI is InChI=1S/C47H35N3Si.C41H31N3Si/c1-51(2)43-19-10-9-18-41(43)42-31-39(28-29-44(42)51)35-22-20-33(21-23-35)34-24-26-37(27-25-34)46-48-45(36-14-7-4-8-15-36)49-47(50-46)40-17-11-16-38(30-40)32-12-5-3-6-13-32;1-45(2)37-16-10-9-15-35(37)36-27-34(25-26-38(36)45)30-19-17-28(18-20-30)29-21-23-33(24-22-29)41-43-39(31-11-5-3-6-12-31)42-40(44-41)32-13-7-4-8-14-32/h3-31H,1-2H3;3-27H,1-2H3. The Kier molecular flexibility index (Phi) is 15.4. The van der Waals surface area contributed by atoms with Crippen LogP contribution in [0.1, 0.15) is 0 Å². The van der Waals surface area contributed by atoms with Gasteiger partial charge in [0, 0.05) is 33.4 Å². The summed E-state index contributed by atoms with van der Waals surface area (Å²) in [5.41, 5.74) is 23.3. The molecule has 15 aromatic rings. The molecule has 17 rings (SSSR count). The third-order valence-corrected chi connectivity index (χ3v) is 26.3. The van der Waals surface area contributed by atoms with Crippen LogP contribution in [0.5, 0.6) is 0 Å². The quantitative estimate of drug-likeness (QED) is 0.120. The largest absolute Gasteiger partial charge is 0.208 e. The lowest BCUT2D eigenvalue weighted by Crippen LogP contribution is -2.49. The highest BCUT2D eigenvalue weighted by Gasteiger charge is 2.38. The number of nitrogens with zero attached hydrogens (tertiary/aromatic N) is 6. The van der Waals surface area contributed by atoms with E-state index in [4.69, 9.17) is 29.9 Å². The molecule has 0 aliphatic carbocycles. The summed E-state index contributed by atoms with van der Waals surface area (Å²) >= 11 is 0. The SMILES string of the molecule is C[Si]1(C)c2ccccc2-c2cc(-c3ccc(-c4ccc(-c5nc(-c6ccccc6)nc(-c6cccc(-c7ccccc7)c6)n5)cc4)cc3)ccc21.C[Si]1(C)c2ccccc2-c2cc(-c3ccc(-c4ccc(-c5nc(-c6ccccc6)nc(-c6ccccc6)n5)cc4)cc3)ccc21. The van der Waals surface area contributed by atoms with Crippen LogP contribution in [-0.4, -0.2) is 46.1 Å². The fourth-order valence-corrected chi connectivity index (χ4v) is 20.0. The smallest absolute Gasteiger partial charge is 0.164 e. The minimum Gasteiger partial charge on any atom is -0.208 e. The number of benzene rings is 13. The molecule has 0 spiro atoms. The first kappa shape index (κ1) is 59.3. The van der Waals surface area contributed by atoms with Crippen molar-refractivity contribution in [3.63, 3.8) is 0 Å². The Labute approximate surface area is 563 Å². The predicted octanol–water partition coefficient (Wildman–Crippen LogP) is 19.7. The van der Waals surface area contributed by atoms with E-state index in [1.165, 1.54) is 71.2 Å². The van der Waals surface area contributed by atoms with Gasteiger partial charge in [-0.15, -0.1) is 0 Å². The van der Waals surface area contributed by atoms with E-state index in [0.717, 1.165) is 55.6 Å². The van der Waals surface area contributed by atoms with Gasteiger partial charge in [-0.1, -0.05) is 336 Å². The molecule has 0 amide bonds. The number of aromatic nitrogens is 6. The van der Waals surface area contributed by atoms with E-state index >= 15 is 0 Å². The van der Waals surface area contributed by atoms with Crippen molar-refractivity contribution in [3.8, 4) is 146 Å². The summed E-state index contributed by atoms with van der Waals surface area (Å²) in [6.45, 7) is 9.85. The van der Waals surface area contributed by atoms with Gasteiger partial charge in [0.15, 0.2) is 34.9 Å². The average Bonchev–Trinajstić information content (AvgIpc) is 1.59. The zero-order chi connectivity index (χ0) is 64.7. The molecule has 0 saturated heterocycles. The third-order valence-electron chi connectivity index (χ3n) is 19.2. The first-order valence-corrected chi connectivity index (χ1v) is 38.8. The molecule has 0 fully saturated rings. The van der Waals surface area contributed by atoms with Crippen molar-refractivity contribution in [1.29, 1.82) is 0 Å². The van der Waals surface area contributed by atoms with Crippen molar-refractivity contribution >= 4 is 36.9 Å². The van der Waals surface area contributed by atoms with Gasteiger partial charge >= 0.3 is 0 Å². The van der Waals surface area contributed by atoms with E-state index in [-0.39, 0.29) is 0 Å². The van der Waals surface area contributed by atoms with Gasteiger partial charge < -0.3 is 0 Å². The number of rotatable bonds is 11. The van der Waals surface area contributed by atoms with E-state index in [1.807, 2.05) is 97.1 Å². The minimum atomic E-state index is -1.66. The van der Waals surface area contributed by atoms with Gasteiger partial charge in [0.2, 0.25) is 0 Å². The summed E-state index contributed by atoms with van der Waals surface area (Å²) in [4.78, 5) is 29.5. The Bertz CT molecular complexity index is 5300. The zero-order valence-corrected chi connectivity index (χ0v) is 55.9. The Hall–Kier alpha value is -11.7. The molecule has 8 heteroatoms. The van der Waals surface area contributed by atoms with Gasteiger partial charge in [0.25, 0.3) is 0 Å². The molecule has 4 heterocycles. The van der Waals surface area contributed by atoms with Crippen LogP contribution in [0, 0.1) is 0 Å². The second-order valence-electron chi connectivity index (χ2n) is 25.8. The van der Waals surface area contributed by atoms with Gasteiger partial charge in [-0.3, -0.25) is 0 Å². The van der Waals surface area contributed by atoms with Crippen molar-refractivity contribution in [1.82, 2.24) is 29.9 Å². The fraction of sp³-hybridized carbons (Fsp3) is 0.0455. The van der Waals surface area contributed by atoms with E-state index in [0.29, 0.717) is 34.9 Å². The lowest BCUT2D eigenvalue weighted by atomic mass is 9.97. The molecule has 2 aromatic heterocycles. The molecule has 13 aromatic carbocycles. The number of hydrogen-bond donors (Lipinski definition) is 0. The second kappa shape index (κ2) is 25.0. The molecular weight excluding hydrogens is 1200 g/mol. The maximum absolute atomic E-state index is 5.01. The fourth-order valence-electron chi connectivity index (χ4n) is 13.9. The van der Waals surface area contributed by atoms with Crippen LogP contribution >= 0.6 is 0 Å². The van der Waals surface area contributed by atoms with E-state index in [2.05, 4.69) is 257 Å². The van der Waals surface area contributed by atoms with Crippen LogP contribution < -0.4 is 20.7 Å². The molecule has 0 bridgehead atoms. The summed E-state index contributed by atoms with van der Waals surface area (Å²) in [5, 5.41) is 6.15. The lowest BCUT2D eigenvalue weighted by molar-refractivity contribution is 1.07. The number of fused-ring (bicyclic) bond motifs is 6. The second-order valence-corrected chi connectivity index (χ2v) is 34.5. The molecule has 0 N–H and O–H groups in total. The van der Waals surface area contributed by atoms with Gasteiger partial charge in [-0.25, -0.2) is 29.9 Å². The van der Waals surface area contributed by atoms with Crippen molar-refractivity contribution in [2.24, 2.45) is 0 Å². The van der Waals surface area contributed by atoms with Crippen LogP contribution in [0.2, 0.25) is 26.2 Å². The molecule has 456 valence electrons. The van der Waals surface area contributed by atoms with E-state index in [1.54, 1.807) is 5.19 Å². The Morgan fingerprint density at radius 2 is 0.365 bits per heavy atom. The Morgan fingerprint density at radius 1 is 0.156 bits per heavy atom. The third kappa shape index (κ3) is 11.4. The van der Waals surface area contributed by atoms with Crippen LogP contribution in [0.25, 0.3) is 146 Å². The van der Waals surface area contributed by atoms with Crippen molar-refractivity contribution < 1.29 is 0 Å². The van der Waals surface area contributed by atoms with E-state index < -0.39 is 16.1 Å². The molecule has 2 aliphatic heterocycles. The molecule has 0 unspecified atom stereocenters. The van der Waals surface area contributed by atoms with Crippen LogP contribution in [0.4, 0.5) is 0 Å². The average molecular weight is 1260 g/mol. The normalized spacial score (nSPS) is 12.8. The summed E-state index contributed by atoms with van der Waals surface area (Å²) < 4.78 is 0. The highest BCUT2D eigenvalue weighted by Crippen LogP contribution is 2.37. The summed E-state index contributed by atoms with van der Waals surface area (Å²) in [6, 6.07) is 116. The molecule has 0 saturated carbocycles. The monoisotopic (exact) mass is 1260 g/mol. The maximum atomic E-state index is 5.01. The van der Waals surface area contributed by atoms with Crippen LogP contribution in [-0.2, 0) is 0 Å². The first-order chi connectivity index (χ1) is 47.1. The summed E-state index contributed by atoms with van der Waals surface area (Å²) in [5.74, 6) is 3.95. The topological polar surface area (TPSA) is 77.3 Å². The Balaban J connectivity index is 0.000000152. The molecule has 2 aliphatic rings. The first-order valence-electron chi connectivity index (χ1n) is 32.8. The van der Waals surface area contributed by atoms with Crippen molar-refractivity contribution in [2.45, 2.75) is 26.2 Å². The van der Waals surface area contributed by atoms with E-state index in [9.17, 15) is 0 Å². The van der Waals surface area contributed by atoms with Gasteiger partial charge in [-0.2, -0.15) is 0 Å². The summed E-state index contributed by atoms with van der Waals surface area (Å²) in [7, 11) is -3.30. The van der Waals surface area contributed by atoms with Crippen LogP contribution in [0.15, 0.2) is 328 Å². The van der Waals surface area contributed by atoms with Crippen LogP contribution in [0.3, 0.4) is 0 Å². The zero-order valence-electron chi connectivity index (χ0n) is 53.9. The van der Waals surface area contributed by atoms with Gasteiger partial charge in [0.1, 0.15) is 16.1 Å². The molecule has 0 radical (unpaired) electrons. The maximum Gasteiger partial charge on any atom is 0.164 e. The minimum absolute atomic E-state index is 0.648. The van der Waals surface area contributed by atoms with Crippen molar-refractivity contribution in [3.05, 3.63) is 328 Å². The lowest BCUT2D eigenvalue weighted by Gasteiger charge is -2.18. The Morgan fingerprint density at radius 3 is 0.708 bits per heavy atom. The highest BCUT2D eigenvalue weighted by molar-refractivity contribution is 7.04.